The van der Waals surface area contributed by atoms with Crippen LogP contribution in [0.2, 0.25) is 0 Å². The molecule has 2 saturated heterocycles. The fourth-order valence-corrected chi connectivity index (χ4v) is 5.02. The molecule has 4 rings (SSSR count). The fraction of sp³-hybridized carbons (Fsp3) is 0.500. The number of benzene rings is 1. The van der Waals surface area contributed by atoms with Crippen LogP contribution in [0.3, 0.4) is 0 Å². The number of aromatic nitrogens is 2. The van der Waals surface area contributed by atoms with Crippen molar-refractivity contribution in [3.05, 3.63) is 23.8 Å². The lowest BCUT2D eigenvalue weighted by Crippen LogP contribution is -2.24. The molecule has 19 heavy (non-hydrogen) atoms. The molecule has 2 aliphatic rings. The molecule has 2 unspecified atom stereocenters. The van der Waals surface area contributed by atoms with Gasteiger partial charge in [0.25, 0.3) is 0 Å². The van der Waals surface area contributed by atoms with Gasteiger partial charge >= 0.3 is 0 Å². The smallest absolute Gasteiger partial charge is 0.166 e. The van der Waals surface area contributed by atoms with Crippen molar-refractivity contribution in [3.8, 4) is 0 Å². The Balaban J connectivity index is 1.62. The molecule has 5 heteroatoms. The van der Waals surface area contributed by atoms with Crippen LogP contribution in [0.4, 0.5) is 0 Å². The molecule has 0 N–H and O–H groups in total. The summed E-state index contributed by atoms with van der Waals surface area (Å²) in [6.07, 6.45) is 4.64. The molecule has 2 aliphatic heterocycles. The molecule has 1 aromatic heterocycles. The van der Waals surface area contributed by atoms with Gasteiger partial charge in [0, 0.05) is 22.0 Å². The van der Waals surface area contributed by atoms with Crippen LogP contribution in [-0.2, 0) is 0 Å². The summed E-state index contributed by atoms with van der Waals surface area (Å²) in [5.41, 5.74) is 2.12. The summed E-state index contributed by atoms with van der Waals surface area (Å²) < 4.78 is 4.67. The summed E-state index contributed by atoms with van der Waals surface area (Å²) in [4.78, 5) is 12.6. The number of ketones is 1. The van der Waals surface area contributed by atoms with Crippen LogP contribution < -0.4 is 0 Å². The number of nitrogens with zero attached hydrogens (tertiary/aromatic N) is 2. The van der Waals surface area contributed by atoms with Crippen molar-refractivity contribution in [1.82, 2.24) is 10.3 Å². The minimum atomic E-state index is 0.191. The van der Waals surface area contributed by atoms with E-state index >= 15 is 0 Å². The first-order chi connectivity index (χ1) is 9.29. The quantitative estimate of drug-likeness (QED) is 0.788. The Labute approximate surface area is 114 Å². The first-order valence-corrected chi connectivity index (χ1v) is 7.66. The summed E-state index contributed by atoms with van der Waals surface area (Å²) in [7, 11) is 0. The summed E-state index contributed by atoms with van der Waals surface area (Å²) in [6, 6.07) is 5.46. The molecule has 2 atom stereocenters. The Morgan fingerprint density at radius 3 is 2.68 bits per heavy atom. The molecule has 0 aliphatic carbocycles. The van der Waals surface area contributed by atoms with E-state index in [0.717, 1.165) is 18.4 Å². The molecule has 2 aromatic rings. The summed E-state index contributed by atoms with van der Waals surface area (Å²) >= 11 is 2.08. The third-order valence-corrected chi connectivity index (χ3v) is 5.83. The van der Waals surface area contributed by atoms with Crippen LogP contribution in [0.5, 0.6) is 0 Å². The van der Waals surface area contributed by atoms with Crippen LogP contribution >= 0.6 is 11.8 Å². The maximum absolute atomic E-state index is 12.6. The van der Waals surface area contributed by atoms with E-state index in [2.05, 4.69) is 26.7 Å². The second kappa shape index (κ2) is 4.34. The number of hydrogen-bond donors (Lipinski definition) is 0. The number of thioether (sulfide) groups is 1. The van der Waals surface area contributed by atoms with Gasteiger partial charge in [-0.3, -0.25) is 4.79 Å². The van der Waals surface area contributed by atoms with E-state index in [1.807, 2.05) is 12.1 Å². The highest BCUT2D eigenvalue weighted by molar-refractivity contribution is 8.00. The second-order valence-electron chi connectivity index (χ2n) is 5.46. The fourth-order valence-electron chi connectivity index (χ4n) is 3.24. The number of Topliss-reactive ketones (excluding diaryl/α,β-unsaturated/α-hetero) is 1. The standard InChI is InChI=1S/C14H14N2O2S/c17-14(9-5-10-2-3-11(6-9)19-10)8-1-4-12-13(7-8)16-18-15-12/h1,4,7,9-11H,2-3,5-6H2. The topological polar surface area (TPSA) is 56.0 Å². The van der Waals surface area contributed by atoms with Crippen LogP contribution in [0.15, 0.2) is 22.8 Å². The Hall–Kier alpha value is -1.36. The van der Waals surface area contributed by atoms with Gasteiger partial charge in [-0.15, -0.1) is 0 Å². The highest BCUT2D eigenvalue weighted by Gasteiger charge is 2.37. The van der Waals surface area contributed by atoms with E-state index in [1.165, 1.54) is 12.8 Å². The molecule has 3 heterocycles. The molecule has 4 nitrogen and oxygen atoms in total. The van der Waals surface area contributed by atoms with E-state index in [4.69, 9.17) is 0 Å². The van der Waals surface area contributed by atoms with E-state index < -0.39 is 0 Å². The molecule has 0 spiro atoms. The van der Waals surface area contributed by atoms with Crippen molar-refractivity contribution >= 4 is 28.6 Å². The third kappa shape index (κ3) is 1.96. The predicted octanol–water partition coefficient (Wildman–Crippen LogP) is 3.08. The highest BCUT2D eigenvalue weighted by Crippen LogP contribution is 2.46. The average molecular weight is 274 g/mol. The lowest BCUT2D eigenvalue weighted by molar-refractivity contribution is 0.0907. The Kier molecular flexibility index (Phi) is 2.62. The molecular formula is C14H14N2O2S. The van der Waals surface area contributed by atoms with E-state index in [1.54, 1.807) is 6.07 Å². The zero-order valence-corrected chi connectivity index (χ0v) is 11.2. The third-order valence-electron chi connectivity index (χ3n) is 4.20. The van der Waals surface area contributed by atoms with E-state index in [0.29, 0.717) is 21.5 Å². The van der Waals surface area contributed by atoms with Gasteiger partial charge in [-0.25, -0.2) is 4.63 Å². The lowest BCUT2D eigenvalue weighted by atomic mass is 9.90. The number of rotatable bonds is 2. The van der Waals surface area contributed by atoms with Crippen molar-refractivity contribution in [3.63, 3.8) is 0 Å². The minimum absolute atomic E-state index is 0.191. The monoisotopic (exact) mass is 274 g/mol. The zero-order valence-electron chi connectivity index (χ0n) is 10.4. The molecule has 2 bridgehead atoms. The van der Waals surface area contributed by atoms with Gasteiger partial charge in [-0.05, 0) is 54.2 Å². The largest absolute Gasteiger partial charge is 0.294 e. The molecule has 1 aromatic carbocycles. The SMILES string of the molecule is O=C(c1ccc2nonc2c1)C1CC2CCC(C1)S2. The Morgan fingerprint density at radius 2 is 1.89 bits per heavy atom. The molecule has 0 saturated carbocycles. The molecular weight excluding hydrogens is 260 g/mol. The van der Waals surface area contributed by atoms with Crippen molar-refractivity contribution in [2.24, 2.45) is 5.92 Å². The van der Waals surface area contributed by atoms with Gasteiger partial charge in [0.15, 0.2) is 5.78 Å². The molecule has 98 valence electrons. The normalized spacial score (nSPS) is 29.8. The van der Waals surface area contributed by atoms with Crippen LogP contribution in [0.25, 0.3) is 11.0 Å². The van der Waals surface area contributed by atoms with Crippen molar-refractivity contribution in [2.45, 2.75) is 36.2 Å². The van der Waals surface area contributed by atoms with Gasteiger partial charge in [0.2, 0.25) is 0 Å². The van der Waals surface area contributed by atoms with Gasteiger partial charge in [0.05, 0.1) is 0 Å². The van der Waals surface area contributed by atoms with Crippen LogP contribution in [-0.4, -0.2) is 26.6 Å². The van der Waals surface area contributed by atoms with Crippen molar-refractivity contribution in [2.75, 3.05) is 0 Å². The number of carbonyl (C=O) groups excluding carboxylic acids is 1. The maximum atomic E-state index is 12.6. The lowest BCUT2D eigenvalue weighted by Gasteiger charge is -2.26. The van der Waals surface area contributed by atoms with E-state index in [-0.39, 0.29) is 11.7 Å². The van der Waals surface area contributed by atoms with Crippen LogP contribution in [0, 0.1) is 5.92 Å². The first-order valence-electron chi connectivity index (χ1n) is 6.71. The number of hydrogen-bond acceptors (Lipinski definition) is 5. The minimum Gasteiger partial charge on any atom is -0.294 e. The van der Waals surface area contributed by atoms with Crippen molar-refractivity contribution < 1.29 is 9.42 Å². The molecule has 0 radical (unpaired) electrons. The van der Waals surface area contributed by atoms with Crippen LogP contribution in [0.1, 0.15) is 36.0 Å². The zero-order chi connectivity index (χ0) is 12.8. The van der Waals surface area contributed by atoms with Gasteiger partial charge in [-0.1, -0.05) is 0 Å². The van der Waals surface area contributed by atoms with Gasteiger partial charge in [0.1, 0.15) is 11.0 Å². The summed E-state index contributed by atoms with van der Waals surface area (Å²) in [5.74, 6) is 0.457. The Morgan fingerprint density at radius 1 is 1.16 bits per heavy atom. The summed E-state index contributed by atoms with van der Waals surface area (Å²) in [5, 5.41) is 8.97. The summed E-state index contributed by atoms with van der Waals surface area (Å²) in [6.45, 7) is 0. The average Bonchev–Trinajstić information content (AvgIpc) is 3.03. The first kappa shape index (κ1) is 11.5. The number of fused-ring (bicyclic) bond motifs is 3. The molecule has 2 fully saturated rings. The molecule has 0 amide bonds. The maximum Gasteiger partial charge on any atom is 0.166 e. The Bertz CT molecular complexity index is 627. The highest BCUT2D eigenvalue weighted by atomic mass is 32.2. The van der Waals surface area contributed by atoms with Gasteiger partial charge in [-0.2, -0.15) is 11.8 Å². The van der Waals surface area contributed by atoms with Gasteiger partial charge < -0.3 is 0 Å². The predicted molar refractivity (Wildman–Crippen MR) is 73.3 cm³/mol. The van der Waals surface area contributed by atoms with Crippen molar-refractivity contribution in [1.29, 1.82) is 0 Å². The second-order valence-corrected chi connectivity index (χ2v) is 7.06. The number of carbonyl (C=O) groups is 1. The van der Waals surface area contributed by atoms with E-state index in [9.17, 15) is 4.79 Å².